The maximum atomic E-state index is 12.8. The predicted molar refractivity (Wildman–Crippen MR) is 77.4 cm³/mol. The molecule has 2 aliphatic heterocycles. The van der Waals surface area contributed by atoms with Gasteiger partial charge in [-0.2, -0.15) is 13.2 Å². The highest BCUT2D eigenvalue weighted by atomic mass is 19.4. The van der Waals surface area contributed by atoms with Gasteiger partial charge in [0.05, 0.1) is 5.56 Å². The molecular formula is C16H21F3N2. The van der Waals surface area contributed by atoms with Crippen LogP contribution in [0.2, 0.25) is 0 Å². The molecule has 2 atom stereocenters. The summed E-state index contributed by atoms with van der Waals surface area (Å²) >= 11 is 0. The predicted octanol–water partition coefficient (Wildman–Crippen LogP) is 4.05. The van der Waals surface area contributed by atoms with E-state index in [-0.39, 0.29) is 6.04 Å². The molecule has 5 heteroatoms. The number of hydrogen-bond donors (Lipinski definition) is 1. The number of rotatable bonds is 2. The number of hydrogen-bond acceptors (Lipinski definition) is 2. The molecule has 0 saturated carbocycles. The van der Waals surface area contributed by atoms with Crippen molar-refractivity contribution in [2.45, 2.75) is 50.9 Å². The van der Waals surface area contributed by atoms with E-state index in [0.29, 0.717) is 11.7 Å². The molecule has 2 fully saturated rings. The average molecular weight is 298 g/mol. The standard InChI is InChI=1S/C16H21F3N2/c1-11-4-5-12(16(17,18)19)9-15(11)20-13-6-8-21-7-2-3-14(21)10-13/h4-5,9,13-14,20H,2-3,6-8,10H2,1H3. The summed E-state index contributed by atoms with van der Waals surface area (Å²) in [5, 5.41) is 3.35. The highest BCUT2D eigenvalue weighted by molar-refractivity contribution is 5.54. The van der Waals surface area contributed by atoms with Crippen LogP contribution in [0.25, 0.3) is 0 Å². The Balaban J connectivity index is 1.72. The summed E-state index contributed by atoms with van der Waals surface area (Å²) in [6.45, 7) is 4.09. The van der Waals surface area contributed by atoms with E-state index >= 15 is 0 Å². The van der Waals surface area contributed by atoms with Gasteiger partial charge in [0.25, 0.3) is 0 Å². The first kappa shape index (κ1) is 14.7. The molecule has 2 aliphatic rings. The molecule has 21 heavy (non-hydrogen) atoms. The summed E-state index contributed by atoms with van der Waals surface area (Å²) < 4.78 is 38.5. The lowest BCUT2D eigenvalue weighted by atomic mass is 9.97. The Hall–Kier alpha value is -1.23. The smallest absolute Gasteiger partial charge is 0.382 e. The Labute approximate surface area is 123 Å². The molecule has 2 saturated heterocycles. The van der Waals surface area contributed by atoms with Crippen LogP contribution < -0.4 is 5.32 Å². The largest absolute Gasteiger partial charge is 0.416 e. The number of nitrogens with one attached hydrogen (secondary N) is 1. The van der Waals surface area contributed by atoms with Gasteiger partial charge in [0.2, 0.25) is 0 Å². The molecular weight excluding hydrogens is 277 g/mol. The van der Waals surface area contributed by atoms with Crippen molar-refractivity contribution in [3.8, 4) is 0 Å². The van der Waals surface area contributed by atoms with Gasteiger partial charge in [0, 0.05) is 24.3 Å². The van der Waals surface area contributed by atoms with Crippen LogP contribution in [0.3, 0.4) is 0 Å². The zero-order valence-corrected chi connectivity index (χ0v) is 12.2. The van der Waals surface area contributed by atoms with E-state index in [4.69, 9.17) is 0 Å². The molecule has 2 heterocycles. The summed E-state index contributed by atoms with van der Waals surface area (Å²) in [7, 11) is 0. The van der Waals surface area contributed by atoms with Gasteiger partial charge in [0.15, 0.2) is 0 Å². The fraction of sp³-hybridized carbons (Fsp3) is 0.625. The quantitative estimate of drug-likeness (QED) is 0.886. The summed E-state index contributed by atoms with van der Waals surface area (Å²) in [4.78, 5) is 2.51. The van der Waals surface area contributed by atoms with E-state index in [1.165, 1.54) is 25.5 Å². The van der Waals surface area contributed by atoms with Crippen LogP contribution in [-0.4, -0.2) is 30.1 Å². The molecule has 2 nitrogen and oxygen atoms in total. The lowest BCUT2D eigenvalue weighted by Gasteiger charge is -2.36. The summed E-state index contributed by atoms with van der Waals surface area (Å²) in [6, 6.07) is 4.85. The molecule has 0 spiro atoms. The van der Waals surface area contributed by atoms with Gasteiger partial charge in [-0.1, -0.05) is 6.07 Å². The van der Waals surface area contributed by atoms with Crippen LogP contribution in [0.1, 0.15) is 36.8 Å². The number of halogens is 3. The summed E-state index contributed by atoms with van der Waals surface area (Å²) in [5.41, 5.74) is 0.923. The van der Waals surface area contributed by atoms with Gasteiger partial charge in [-0.05, 0) is 56.8 Å². The summed E-state index contributed by atoms with van der Waals surface area (Å²) in [6.07, 6.45) is 0.237. The zero-order valence-electron chi connectivity index (χ0n) is 12.2. The lowest BCUT2D eigenvalue weighted by Crippen LogP contribution is -2.42. The molecule has 2 unspecified atom stereocenters. The molecule has 3 rings (SSSR count). The van der Waals surface area contributed by atoms with Crippen molar-refractivity contribution in [1.82, 2.24) is 4.90 Å². The molecule has 1 aromatic rings. The normalized spacial score (nSPS) is 26.7. The van der Waals surface area contributed by atoms with Crippen LogP contribution in [-0.2, 0) is 6.18 Å². The first-order valence-electron chi connectivity index (χ1n) is 7.62. The van der Waals surface area contributed by atoms with Crippen LogP contribution in [0.5, 0.6) is 0 Å². The monoisotopic (exact) mass is 298 g/mol. The Kier molecular flexibility index (Phi) is 3.86. The minimum Gasteiger partial charge on any atom is -0.382 e. The highest BCUT2D eigenvalue weighted by Crippen LogP contribution is 2.34. The Morgan fingerprint density at radius 1 is 1.19 bits per heavy atom. The second-order valence-corrected chi connectivity index (χ2v) is 6.23. The van der Waals surface area contributed by atoms with Crippen LogP contribution in [0, 0.1) is 6.92 Å². The fourth-order valence-corrected chi connectivity index (χ4v) is 3.53. The highest BCUT2D eigenvalue weighted by Gasteiger charge is 2.33. The second-order valence-electron chi connectivity index (χ2n) is 6.23. The van der Waals surface area contributed by atoms with Crippen LogP contribution in [0.15, 0.2) is 18.2 Å². The Bertz CT molecular complexity index is 513. The molecule has 1 N–H and O–H groups in total. The first-order valence-corrected chi connectivity index (χ1v) is 7.62. The third-order valence-electron chi connectivity index (χ3n) is 4.74. The van der Waals surface area contributed by atoms with Gasteiger partial charge in [-0.15, -0.1) is 0 Å². The number of benzene rings is 1. The second kappa shape index (κ2) is 5.52. The van der Waals surface area contributed by atoms with Crippen molar-refractivity contribution in [3.05, 3.63) is 29.3 Å². The number of alkyl halides is 3. The average Bonchev–Trinajstić information content (AvgIpc) is 2.87. The van der Waals surface area contributed by atoms with Gasteiger partial charge >= 0.3 is 6.18 Å². The minimum absolute atomic E-state index is 0.284. The van der Waals surface area contributed by atoms with Crippen molar-refractivity contribution in [2.24, 2.45) is 0 Å². The zero-order chi connectivity index (χ0) is 15.0. The van der Waals surface area contributed by atoms with E-state index < -0.39 is 11.7 Å². The van der Waals surface area contributed by atoms with Crippen LogP contribution >= 0.6 is 0 Å². The SMILES string of the molecule is Cc1ccc(C(F)(F)F)cc1NC1CCN2CCCC2C1. The first-order chi connectivity index (χ1) is 9.93. The topological polar surface area (TPSA) is 15.3 Å². The third kappa shape index (κ3) is 3.18. The van der Waals surface area contributed by atoms with E-state index in [2.05, 4.69) is 10.2 Å². The van der Waals surface area contributed by atoms with Gasteiger partial charge in [-0.25, -0.2) is 0 Å². The molecule has 0 aromatic heterocycles. The van der Waals surface area contributed by atoms with E-state index in [9.17, 15) is 13.2 Å². The minimum atomic E-state index is -4.28. The third-order valence-corrected chi connectivity index (χ3v) is 4.74. The molecule has 116 valence electrons. The molecule has 0 amide bonds. The van der Waals surface area contributed by atoms with Gasteiger partial charge in [0.1, 0.15) is 0 Å². The number of anilines is 1. The maximum Gasteiger partial charge on any atom is 0.416 e. The maximum absolute atomic E-state index is 12.8. The van der Waals surface area contributed by atoms with Gasteiger partial charge < -0.3 is 10.2 Å². The van der Waals surface area contributed by atoms with E-state index in [1.54, 1.807) is 6.07 Å². The molecule has 0 bridgehead atoms. The summed E-state index contributed by atoms with van der Waals surface area (Å²) in [5.74, 6) is 0. The lowest BCUT2D eigenvalue weighted by molar-refractivity contribution is -0.137. The van der Waals surface area contributed by atoms with Crippen LogP contribution in [0.4, 0.5) is 18.9 Å². The van der Waals surface area contributed by atoms with Crippen molar-refractivity contribution < 1.29 is 13.2 Å². The van der Waals surface area contributed by atoms with Gasteiger partial charge in [-0.3, -0.25) is 0 Å². The fourth-order valence-electron chi connectivity index (χ4n) is 3.53. The number of fused-ring (bicyclic) bond motifs is 1. The molecule has 0 aliphatic carbocycles. The number of piperidine rings is 1. The van der Waals surface area contributed by atoms with Crippen molar-refractivity contribution in [1.29, 1.82) is 0 Å². The van der Waals surface area contributed by atoms with Crippen molar-refractivity contribution in [2.75, 3.05) is 18.4 Å². The molecule has 1 aromatic carbocycles. The van der Waals surface area contributed by atoms with E-state index in [1.807, 2.05) is 6.92 Å². The van der Waals surface area contributed by atoms with Crippen molar-refractivity contribution in [3.63, 3.8) is 0 Å². The van der Waals surface area contributed by atoms with Crippen molar-refractivity contribution >= 4 is 5.69 Å². The van der Waals surface area contributed by atoms with E-state index in [0.717, 1.165) is 31.0 Å². The Morgan fingerprint density at radius 2 is 2.00 bits per heavy atom. The molecule has 0 radical (unpaired) electrons. The number of aryl methyl sites for hydroxylation is 1. The Morgan fingerprint density at radius 3 is 2.76 bits per heavy atom. The number of nitrogens with zero attached hydrogens (tertiary/aromatic N) is 1.